The van der Waals surface area contributed by atoms with Gasteiger partial charge in [0.05, 0.1) is 0 Å². The minimum Gasteiger partial charge on any atom is -0.334 e. The van der Waals surface area contributed by atoms with E-state index in [1.165, 1.54) is 0 Å². The monoisotopic (exact) mass is 336 g/mol. The van der Waals surface area contributed by atoms with Gasteiger partial charge in [-0.05, 0) is 37.0 Å². The first-order chi connectivity index (χ1) is 9.02. The van der Waals surface area contributed by atoms with Crippen LogP contribution >= 0.6 is 35.6 Å². The maximum atomic E-state index is 12.6. The Kier molecular flexibility index (Phi) is 6.59. The van der Waals surface area contributed by atoms with Crippen LogP contribution in [0.1, 0.15) is 30.1 Å². The van der Waals surface area contributed by atoms with Gasteiger partial charge < -0.3 is 10.6 Å². The van der Waals surface area contributed by atoms with Crippen LogP contribution in [0.15, 0.2) is 18.2 Å². The molecule has 0 radical (unpaired) electrons. The maximum Gasteiger partial charge on any atom is 0.254 e. The van der Waals surface area contributed by atoms with E-state index >= 15 is 0 Å². The Bertz CT molecular complexity index is 461. The van der Waals surface area contributed by atoms with Crippen LogP contribution in [0.3, 0.4) is 0 Å². The smallest absolute Gasteiger partial charge is 0.254 e. The van der Waals surface area contributed by atoms with Gasteiger partial charge in [0.1, 0.15) is 0 Å². The molecule has 0 aliphatic carbocycles. The highest BCUT2D eigenvalue weighted by molar-refractivity contribution is 6.35. The average molecular weight is 338 g/mol. The zero-order valence-corrected chi connectivity index (χ0v) is 13.6. The molecule has 1 saturated heterocycles. The Morgan fingerprint density at radius 3 is 2.50 bits per heavy atom. The van der Waals surface area contributed by atoms with Gasteiger partial charge in [-0.3, -0.25) is 4.79 Å². The van der Waals surface area contributed by atoms with Crippen molar-refractivity contribution < 1.29 is 4.79 Å². The quantitative estimate of drug-likeness (QED) is 0.896. The molecule has 1 heterocycles. The molecule has 0 spiro atoms. The fourth-order valence-electron chi connectivity index (χ4n) is 2.70. The van der Waals surface area contributed by atoms with Crippen LogP contribution < -0.4 is 5.73 Å². The number of nitrogens with zero attached hydrogens (tertiary/aromatic N) is 1. The average Bonchev–Trinajstić information content (AvgIpc) is 2.36. The molecule has 1 aromatic carbocycles. The number of hydrogen-bond acceptors (Lipinski definition) is 2. The van der Waals surface area contributed by atoms with E-state index in [0.29, 0.717) is 28.1 Å². The number of carbonyl (C=O) groups excluding carboxylic acids is 1. The molecule has 2 unspecified atom stereocenters. The molecule has 6 heteroatoms. The van der Waals surface area contributed by atoms with Crippen molar-refractivity contribution in [2.24, 2.45) is 11.7 Å². The summed E-state index contributed by atoms with van der Waals surface area (Å²) in [4.78, 5) is 14.4. The van der Waals surface area contributed by atoms with E-state index in [1.54, 1.807) is 18.2 Å². The van der Waals surface area contributed by atoms with E-state index in [1.807, 2.05) is 4.90 Å². The van der Waals surface area contributed by atoms with Crippen molar-refractivity contribution in [1.82, 2.24) is 4.90 Å². The van der Waals surface area contributed by atoms with Gasteiger partial charge in [-0.25, -0.2) is 0 Å². The molecular formula is C14H19Cl3N2O. The second-order valence-electron chi connectivity index (χ2n) is 5.08. The van der Waals surface area contributed by atoms with Gasteiger partial charge in [0.25, 0.3) is 5.91 Å². The maximum absolute atomic E-state index is 12.6. The van der Waals surface area contributed by atoms with Crippen molar-refractivity contribution in [2.75, 3.05) is 13.1 Å². The molecule has 0 saturated carbocycles. The molecule has 1 amide bonds. The Balaban J connectivity index is 0.00000200. The second kappa shape index (κ2) is 7.51. The standard InChI is InChI=1S/C14H18Cl2N2O.ClH/c1-9-3-2-4-18(13(9)8-17)14(19)10-5-11(15)7-12(16)6-10;/h5-7,9,13H,2-4,8,17H2,1H3;1H. The normalized spacial score (nSPS) is 22.3. The third-order valence-corrected chi connectivity index (χ3v) is 4.16. The molecule has 1 aliphatic heterocycles. The molecule has 2 atom stereocenters. The van der Waals surface area contributed by atoms with Gasteiger partial charge in [0.15, 0.2) is 0 Å². The number of nitrogens with two attached hydrogens (primary N) is 1. The van der Waals surface area contributed by atoms with Crippen LogP contribution in [0.25, 0.3) is 0 Å². The van der Waals surface area contributed by atoms with Gasteiger partial charge >= 0.3 is 0 Å². The van der Waals surface area contributed by atoms with E-state index in [-0.39, 0.29) is 24.4 Å². The first kappa shape index (κ1) is 17.6. The van der Waals surface area contributed by atoms with Crippen molar-refractivity contribution in [2.45, 2.75) is 25.8 Å². The Labute approximate surface area is 135 Å². The zero-order valence-electron chi connectivity index (χ0n) is 11.3. The summed E-state index contributed by atoms with van der Waals surface area (Å²) in [5.41, 5.74) is 6.35. The highest BCUT2D eigenvalue weighted by atomic mass is 35.5. The molecular weight excluding hydrogens is 319 g/mol. The Morgan fingerprint density at radius 2 is 1.95 bits per heavy atom. The van der Waals surface area contributed by atoms with Crippen molar-refractivity contribution in [3.63, 3.8) is 0 Å². The summed E-state index contributed by atoms with van der Waals surface area (Å²) in [6.45, 7) is 3.37. The van der Waals surface area contributed by atoms with Crippen molar-refractivity contribution >= 4 is 41.5 Å². The highest BCUT2D eigenvalue weighted by Gasteiger charge is 2.31. The molecule has 0 bridgehead atoms. The van der Waals surface area contributed by atoms with Gasteiger partial charge in [-0.1, -0.05) is 30.1 Å². The first-order valence-corrected chi connectivity index (χ1v) is 7.25. The van der Waals surface area contributed by atoms with E-state index < -0.39 is 0 Å². The van der Waals surface area contributed by atoms with Crippen LogP contribution in [0.5, 0.6) is 0 Å². The fourth-order valence-corrected chi connectivity index (χ4v) is 3.23. The summed E-state index contributed by atoms with van der Waals surface area (Å²) in [7, 11) is 0. The van der Waals surface area contributed by atoms with Crippen LogP contribution in [-0.2, 0) is 0 Å². The summed E-state index contributed by atoms with van der Waals surface area (Å²) in [5, 5.41) is 0.954. The lowest BCUT2D eigenvalue weighted by atomic mass is 9.90. The lowest BCUT2D eigenvalue weighted by Crippen LogP contribution is -2.51. The number of carbonyl (C=O) groups is 1. The first-order valence-electron chi connectivity index (χ1n) is 6.50. The Morgan fingerprint density at radius 1 is 1.35 bits per heavy atom. The topological polar surface area (TPSA) is 46.3 Å². The highest BCUT2D eigenvalue weighted by Crippen LogP contribution is 2.26. The summed E-state index contributed by atoms with van der Waals surface area (Å²) in [6.07, 6.45) is 2.12. The van der Waals surface area contributed by atoms with Gasteiger partial charge in [0, 0.05) is 34.7 Å². The molecule has 1 fully saturated rings. The van der Waals surface area contributed by atoms with Crippen molar-refractivity contribution in [1.29, 1.82) is 0 Å². The predicted octanol–water partition coefficient (Wildman–Crippen LogP) is 3.61. The number of piperidine rings is 1. The molecule has 112 valence electrons. The lowest BCUT2D eigenvalue weighted by molar-refractivity contribution is 0.0532. The van der Waals surface area contributed by atoms with Gasteiger partial charge in [-0.15, -0.1) is 12.4 Å². The fraction of sp³-hybridized carbons (Fsp3) is 0.500. The van der Waals surface area contributed by atoms with E-state index in [4.69, 9.17) is 28.9 Å². The Hall–Kier alpha value is -0.480. The largest absolute Gasteiger partial charge is 0.334 e. The molecule has 2 N–H and O–H groups in total. The minimum atomic E-state index is -0.0357. The third-order valence-electron chi connectivity index (χ3n) is 3.73. The molecule has 20 heavy (non-hydrogen) atoms. The van der Waals surface area contributed by atoms with Crippen LogP contribution in [0.4, 0.5) is 0 Å². The molecule has 2 rings (SSSR count). The van der Waals surface area contributed by atoms with E-state index in [9.17, 15) is 4.79 Å². The van der Waals surface area contributed by atoms with Crippen molar-refractivity contribution in [3.8, 4) is 0 Å². The lowest BCUT2D eigenvalue weighted by Gasteiger charge is -2.39. The van der Waals surface area contributed by atoms with Crippen LogP contribution in [-0.4, -0.2) is 29.9 Å². The summed E-state index contributed by atoms with van der Waals surface area (Å²) in [5.74, 6) is 0.392. The summed E-state index contributed by atoms with van der Waals surface area (Å²) < 4.78 is 0. The zero-order chi connectivity index (χ0) is 14.0. The second-order valence-corrected chi connectivity index (χ2v) is 5.95. The minimum absolute atomic E-state index is 0. The van der Waals surface area contributed by atoms with Crippen LogP contribution in [0.2, 0.25) is 10.0 Å². The number of amides is 1. The SMILES string of the molecule is CC1CCCN(C(=O)c2cc(Cl)cc(Cl)c2)C1CN.Cl. The molecule has 1 aromatic rings. The third kappa shape index (κ3) is 3.79. The number of rotatable bonds is 2. The number of likely N-dealkylation sites (tertiary alicyclic amines) is 1. The number of benzene rings is 1. The van der Waals surface area contributed by atoms with Gasteiger partial charge in [-0.2, -0.15) is 0 Å². The van der Waals surface area contributed by atoms with E-state index in [2.05, 4.69) is 6.92 Å². The molecule has 1 aliphatic rings. The van der Waals surface area contributed by atoms with Crippen molar-refractivity contribution in [3.05, 3.63) is 33.8 Å². The number of hydrogen-bond donors (Lipinski definition) is 1. The molecule has 3 nitrogen and oxygen atoms in total. The summed E-state index contributed by atoms with van der Waals surface area (Å²) >= 11 is 11.9. The predicted molar refractivity (Wildman–Crippen MR) is 86.0 cm³/mol. The van der Waals surface area contributed by atoms with Gasteiger partial charge in [0.2, 0.25) is 0 Å². The summed E-state index contributed by atoms with van der Waals surface area (Å²) in [6, 6.07) is 5.03. The molecule has 0 aromatic heterocycles. The van der Waals surface area contributed by atoms with Crippen LogP contribution in [0, 0.1) is 5.92 Å². The number of halogens is 3. The van der Waals surface area contributed by atoms with E-state index in [0.717, 1.165) is 19.4 Å².